The van der Waals surface area contributed by atoms with Gasteiger partial charge in [-0.15, -0.1) is 11.3 Å². The normalized spacial score (nSPS) is 17.2. The summed E-state index contributed by atoms with van der Waals surface area (Å²) < 4.78 is 5.73. The number of carbonyl (C=O) groups is 1. The summed E-state index contributed by atoms with van der Waals surface area (Å²) in [6, 6.07) is 7.97. The second-order valence-corrected chi connectivity index (χ2v) is 6.35. The van der Waals surface area contributed by atoms with Crippen LogP contribution in [0.1, 0.15) is 42.1 Å². The number of benzene rings is 1. The first kappa shape index (κ1) is 15.0. The average Bonchev–Trinajstić information content (AvgIpc) is 2.88. The molecule has 0 saturated carbocycles. The number of hydrogen-bond acceptors (Lipinski definition) is 4. The Bertz CT molecular complexity index is 654. The van der Waals surface area contributed by atoms with Gasteiger partial charge in [-0.1, -0.05) is 25.1 Å². The van der Waals surface area contributed by atoms with E-state index in [1.165, 1.54) is 0 Å². The number of thiazole rings is 1. The van der Waals surface area contributed by atoms with Crippen LogP contribution in [0.25, 0.3) is 0 Å². The quantitative estimate of drug-likeness (QED) is 0.942. The zero-order valence-electron chi connectivity index (χ0n) is 12.7. The van der Waals surface area contributed by atoms with E-state index in [9.17, 15) is 4.79 Å². The molecule has 1 unspecified atom stereocenters. The fourth-order valence-corrected chi connectivity index (χ4v) is 3.42. The minimum Gasteiger partial charge on any atom is -0.493 e. The van der Waals surface area contributed by atoms with E-state index in [1.54, 1.807) is 11.3 Å². The molecule has 1 amide bonds. The first-order valence-corrected chi connectivity index (χ1v) is 8.58. The highest BCUT2D eigenvalue weighted by Crippen LogP contribution is 2.31. The Morgan fingerprint density at radius 1 is 1.45 bits per heavy atom. The molecule has 1 aliphatic heterocycles. The Hall–Kier alpha value is -1.88. The monoisotopic (exact) mass is 316 g/mol. The summed E-state index contributed by atoms with van der Waals surface area (Å²) in [4.78, 5) is 16.8. The van der Waals surface area contributed by atoms with Crippen LogP contribution in [0.4, 0.5) is 0 Å². The van der Waals surface area contributed by atoms with Crippen molar-refractivity contribution in [3.63, 3.8) is 0 Å². The standard InChI is InChI=1S/C17H20N2O2S/c1-2-17-18-12(11-22-17)10-16(20)19-14-7-5-9-21-15-8-4-3-6-13(14)15/h3-4,6,8,11,14H,2,5,7,9-10H2,1H3,(H,19,20). The molecule has 1 aromatic carbocycles. The topological polar surface area (TPSA) is 51.2 Å². The fourth-order valence-electron chi connectivity index (χ4n) is 2.68. The molecule has 2 aromatic rings. The summed E-state index contributed by atoms with van der Waals surface area (Å²) >= 11 is 1.62. The highest BCUT2D eigenvalue weighted by molar-refractivity contribution is 7.09. The molecule has 2 heterocycles. The van der Waals surface area contributed by atoms with E-state index in [0.29, 0.717) is 13.0 Å². The van der Waals surface area contributed by atoms with Gasteiger partial charge in [0.25, 0.3) is 0 Å². The van der Waals surface area contributed by atoms with E-state index in [-0.39, 0.29) is 11.9 Å². The molecule has 1 aliphatic rings. The number of nitrogens with zero attached hydrogens (tertiary/aromatic N) is 1. The van der Waals surface area contributed by atoms with Gasteiger partial charge >= 0.3 is 0 Å². The van der Waals surface area contributed by atoms with Crippen LogP contribution in [0.2, 0.25) is 0 Å². The molecule has 0 bridgehead atoms. The molecule has 5 heteroatoms. The van der Waals surface area contributed by atoms with Gasteiger partial charge in [-0.2, -0.15) is 0 Å². The third-order valence-electron chi connectivity index (χ3n) is 3.77. The van der Waals surface area contributed by atoms with Crippen molar-refractivity contribution in [1.29, 1.82) is 0 Å². The van der Waals surface area contributed by atoms with E-state index < -0.39 is 0 Å². The molecule has 0 fully saturated rings. The first-order chi connectivity index (χ1) is 10.8. The Morgan fingerprint density at radius 3 is 3.14 bits per heavy atom. The van der Waals surface area contributed by atoms with Gasteiger partial charge in [-0.05, 0) is 25.3 Å². The lowest BCUT2D eigenvalue weighted by molar-refractivity contribution is -0.121. The second kappa shape index (κ2) is 6.92. The van der Waals surface area contributed by atoms with E-state index in [2.05, 4.69) is 17.2 Å². The predicted octanol–water partition coefficient (Wildman–Crippen LogP) is 3.28. The number of fused-ring (bicyclic) bond motifs is 1. The zero-order chi connectivity index (χ0) is 15.4. The Labute approximate surface area is 134 Å². The number of amides is 1. The van der Waals surface area contributed by atoms with Crippen molar-refractivity contribution in [2.24, 2.45) is 0 Å². The third kappa shape index (κ3) is 3.47. The van der Waals surface area contributed by atoms with Crippen molar-refractivity contribution in [2.45, 2.75) is 38.6 Å². The van der Waals surface area contributed by atoms with Crippen LogP contribution in [-0.4, -0.2) is 17.5 Å². The van der Waals surface area contributed by atoms with Crippen LogP contribution >= 0.6 is 11.3 Å². The Balaban J connectivity index is 1.68. The lowest BCUT2D eigenvalue weighted by atomic mass is 10.0. The molecule has 1 N–H and O–H groups in total. The SMILES string of the molecule is CCc1nc(CC(=O)NC2CCCOc3ccccc32)cs1. The predicted molar refractivity (Wildman–Crippen MR) is 87.3 cm³/mol. The van der Waals surface area contributed by atoms with Gasteiger partial charge < -0.3 is 10.1 Å². The Morgan fingerprint density at radius 2 is 2.32 bits per heavy atom. The molecule has 116 valence electrons. The molecular weight excluding hydrogens is 296 g/mol. The number of rotatable bonds is 4. The van der Waals surface area contributed by atoms with Crippen LogP contribution in [0, 0.1) is 0 Å². The minimum absolute atomic E-state index is 0.0228. The summed E-state index contributed by atoms with van der Waals surface area (Å²) in [5, 5.41) is 6.19. The Kier molecular flexibility index (Phi) is 4.73. The smallest absolute Gasteiger partial charge is 0.226 e. The fraction of sp³-hybridized carbons (Fsp3) is 0.412. The van der Waals surface area contributed by atoms with E-state index >= 15 is 0 Å². The summed E-state index contributed by atoms with van der Waals surface area (Å²) in [7, 11) is 0. The number of aromatic nitrogens is 1. The van der Waals surface area contributed by atoms with Gasteiger partial charge in [-0.3, -0.25) is 4.79 Å². The van der Waals surface area contributed by atoms with Crippen molar-refractivity contribution in [3.05, 3.63) is 45.9 Å². The third-order valence-corrected chi connectivity index (χ3v) is 4.81. The first-order valence-electron chi connectivity index (χ1n) is 7.70. The van der Waals surface area contributed by atoms with Gasteiger partial charge in [0.1, 0.15) is 5.75 Å². The number of aryl methyl sites for hydroxylation is 1. The van der Waals surface area contributed by atoms with Gasteiger partial charge in [0, 0.05) is 10.9 Å². The number of nitrogens with one attached hydrogen (secondary N) is 1. The summed E-state index contributed by atoms with van der Waals surface area (Å²) in [5.74, 6) is 0.905. The van der Waals surface area contributed by atoms with Gasteiger partial charge in [0.2, 0.25) is 5.91 Å². The molecule has 0 spiro atoms. The van der Waals surface area contributed by atoms with E-state index in [4.69, 9.17) is 4.74 Å². The van der Waals surface area contributed by atoms with Crippen LogP contribution in [0.5, 0.6) is 5.75 Å². The van der Waals surface area contributed by atoms with Crippen molar-refractivity contribution < 1.29 is 9.53 Å². The van der Waals surface area contributed by atoms with Crippen LogP contribution < -0.4 is 10.1 Å². The molecule has 0 saturated heterocycles. The van der Waals surface area contributed by atoms with Crippen LogP contribution in [0.3, 0.4) is 0 Å². The maximum Gasteiger partial charge on any atom is 0.226 e. The highest BCUT2D eigenvalue weighted by Gasteiger charge is 2.21. The van der Waals surface area contributed by atoms with Crippen molar-refractivity contribution >= 4 is 17.2 Å². The summed E-state index contributed by atoms with van der Waals surface area (Å²) in [5.41, 5.74) is 1.93. The van der Waals surface area contributed by atoms with Crippen LogP contribution in [-0.2, 0) is 17.6 Å². The highest BCUT2D eigenvalue weighted by atomic mass is 32.1. The van der Waals surface area contributed by atoms with Crippen molar-refractivity contribution in [2.75, 3.05) is 6.61 Å². The maximum atomic E-state index is 12.3. The maximum absolute atomic E-state index is 12.3. The molecule has 1 atom stereocenters. The molecule has 4 nitrogen and oxygen atoms in total. The number of para-hydroxylation sites is 1. The second-order valence-electron chi connectivity index (χ2n) is 5.41. The lowest BCUT2D eigenvalue weighted by Crippen LogP contribution is -2.29. The summed E-state index contributed by atoms with van der Waals surface area (Å²) in [6.07, 6.45) is 3.10. The van der Waals surface area contributed by atoms with Crippen molar-refractivity contribution in [1.82, 2.24) is 10.3 Å². The minimum atomic E-state index is 0.0228. The van der Waals surface area contributed by atoms with E-state index in [0.717, 1.165) is 41.3 Å². The average molecular weight is 316 g/mol. The molecule has 3 rings (SSSR count). The van der Waals surface area contributed by atoms with Gasteiger partial charge in [0.05, 0.1) is 29.8 Å². The summed E-state index contributed by atoms with van der Waals surface area (Å²) in [6.45, 7) is 2.78. The van der Waals surface area contributed by atoms with Crippen LogP contribution in [0.15, 0.2) is 29.6 Å². The van der Waals surface area contributed by atoms with E-state index in [1.807, 2.05) is 29.6 Å². The molecule has 22 heavy (non-hydrogen) atoms. The van der Waals surface area contributed by atoms with Gasteiger partial charge in [-0.25, -0.2) is 4.98 Å². The number of ether oxygens (including phenoxy) is 1. The molecule has 0 aliphatic carbocycles. The number of hydrogen-bond donors (Lipinski definition) is 1. The zero-order valence-corrected chi connectivity index (χ0v) is 13.5. The lowest BCUT2D eigenvalue weighted by Gasteiger charge is -2.18. The molecule has 1 aromatic heterocycles. The van der Waals surface area contributed by atoms with Crippen molar-refractivity contribution in [3.8, 4) is 5.75 Å². The molecular formula is C17H20N2O2S. The largest absolute Gasteiger partial charge is 0.493 e. The van der Waals surface area contributed by atoms with Gasteiger partial charge in [0.15, 0.2) is 0 Å². The number of carbonyl (C=O) groups excluding carboxylic acids is 1. The molecule has 0 radical (unpaired) electrons.